The summed E-state index contributed by atoms with van der Waals surface area (Å²) in [5.41, 5.74) is 6.32. The van der Waals surface area contributed by atoms with Gasteiger partial charge in [0.05, 0.1) is 48.3 Å². The maximum Gasteiger partial charge on any atom is 0.253 e. The molecule has 202 valence electrons. The number of benzene rings is 3. The van der Waals surface area contributed by atoms with Crippen LogP contribution in [0.15, 0.2) is 104 Å². The van der Waals surface area contributed by atoms with Crippen LogP contribution in [0.2, 0.25) is 0 Å². The molecular weight excluding hydrogens is 504 g/mol. The summed E-state index contributed by atoms with van der Waals surface area (Å²) in [5, 5.41) is 12.4. The van der Waals surface area contributed by atoms with Crippen molar-refractivity contribution in [3.05, 3.63) is 131 Å². The number of aromatic nitrogens is 3. The van der Waals surface area contributed by atoms with Gasteiger partial charge in [0.25, 0.3) is 5.91 Å². The maximum atomic E-state index is 12.4. The van der Waals surface area contributed by atoms with Crippen molar-refractivity contribution in [1.82, 2.24) is 19.9 Å². The van der Waals surface area contributed by atoms with Crippen LogP contribution in [0.3, 0.4) is 0 Å². The summed E-state index contributed by atoms with van der Waals surface area (Å²) < 4.78 is 15.1. The number of hydrogen-bond acceptors (Lipinski definition) is 6. The number of hydrogen-bond donors (Lipinski definition) is 2. The second-order valence-corrected chi connectivity index (χ2v) is 9.90. The molecule has 8 nitrogen and oxygen atoms in total. The van der Waals surface area contributed by atoms with Gasteiger partial charge in [0.1, 0.15) is 0 Å². The van der Waals surface area contributed by atoms with E-state index in [9.17, 15) is 9.90 Å². The Hall–Kier alpha value is -4.37. The normalized spacial score (nSPS) is 19.0. The highest BCUT2D eigenvalue weighted by molar-refractivity contribution is 5.93. The molecule has 8 heteroatoms. The molecule has 0 bridgehead atoms. The molecule has 1 aliphatic rings. The Bertz CT molecular complexity index is 1570. The first-order chi connectivity index (χ1) is 19.7. The van der Waals surface area contributed by atoms with Crippen LogP contribution < -0.4 is 5.32 Å². The van der Waals surface area contributed by atoms with Crippen molar-refractivity contribution in [3.8, 4) is 0 Å². The Morgan fingerprint density at radius 1 is 0.925 bits per heavy atom. The molecule has 0 aliphatic carbocycles. The van der Waals surface area contributed by atoms with Crippen molar-refractivity contribution < 1.29 is 19.4 Å². The van der Waals surface area contributed by atoms with Gasteiger partial charge < -0.3 is 24.5 Å². The number of pyridine rings is 1. The lowest BCUT2D eigenvalue weighted by atomic mass is 9.99. The van der Waals surface area contributed by atoms with Crippen LogP contribution in [0.1, 0.15) is 51.4 Å². The lowest BCUT2D eigenvalue weighted by molar-refractivity contribution is -0.252. The van der Waals surface area contributed by atoms with Gasteiger partial charge in [-0.2, -0.15) is 0 Å². The first-order valence-electron chi connectivity index (χ1n) is 13.3. The van der Waals surface area contributed by atoms with E-state index in [4.69, 9.17) is 9.47 Å². The minimum absolute atomic E-state index is 0.00289. The quantitative estimate of drug-likeness (QED) is 0.288. The third-order valence-electron chi connectivity index (χ3n) is 7.17. The first kappa shape index (κ1) is 25.9. The van der Waals surface area contributed by atoms with Crippen molar-refractivity contribution in [2.45, 2.75) is 44.6 Å². The Balaban J connectivity index is 1.19. The number of carbonyl (C=O) groups excluding carboxylic acids is 1. The average molecular weight is 535 g/mol. The number of carbonyl (C=O) groups is 1. The van der Waals surface area contributed by atoms with Crippen LogP contribution in [-0.2, 0) is 29.2 Å². The Kier molecular flexibility index (Phi) is 7.63. The van der Waals surface area contributed by atoms with Crippen LogP contribution in [0, 0.1) is 0 Å². The number of rotatable bonds is 8. The van der Waals surface area contributed by atoms with Gasteiger partial charge in [0.15, 0.2) is 6.29 Å². The molecule has 2 aromatic heterocycles. The molecule has 0 spiro atoms. The summed E-state index contributed by atoms with van der Waals surface area (Å²) in [4.78, 5) is 20.9. The van der Waals surface area contributed by atoms with E-state index in [-0.39, 0.29) is 24.7 Å². The number of nitrogens with one attached hydrogen (secondary N) is 1. The topological polar surface area (TPSA) is 98.5 Å². The molecule has 1 aliphatic heterocycles. The van der Waals surface area contributed by atoms with E-state index in [2.05, 4.69) is 25.9 Å². The van der Waals surface area contributed by atoms with Crippen LogP contribution in [0.4, 0.5) is 0 Å². The van der Waals surface area contributed by atoms with Gasteiger partial charge in [-0.1, -0.05) is 60.7 Å². The standard InChI is InChI=1S/C32H30N4O4/c37-20-23-9-11-24(12-10-23)30-16-27(19-36-21-35-28-5-1-2-6-29(28)36)39-32(40-30)25-13-7-22(8-14-25)17-34-31(38)26-4-3-15-33-18-26/h1-15,18,21,27,30,32,37H,16-17,19-20H2,(H,34,38)/t27-,30+,32+/m0/s1. The molecule has 3 atom stereocenters. The van der Waals surface area contributed by atoms with Crippen molar-refractivity contribution in [2.24, 2.45) is 0 Å². The van der Waals surface area contributed by atoms with E-state index in [1.165, 1.54) is 0 Å². The summed E-state index contributed by atoms with van der Waals surface area (Å²) in [7, 11) is 0. The SMILES string of the molecule is O=C(NCc1ccc([C@@H]2O[C@H](Cn3cnc4ccccc43)C[C@H](c3ccc(CO)cc3)O2)cc1)c1cccnc1. The van der Waals surface area contributed by atoms with Gasteiger partial charge in [0.2, 0.25) is 0 Å². The number of aliphatic hydroxyl groups excluding tert-OH is 1. The summed E-state index contributed by atoms with van der Waals surface area (Å²) in [6, 6.07) is 27.3. The zero-order valence-electron chi connectivity index (χ0n) is 21.9. The highest BCUT2D eigenvalue weighted by Gasteiger charge is 2.32. The minimum atomic E-state index is -0.560. The van der Waals surface area contributed by atoms with Crippen molar-refractivity contribution in [3.63, 3.8) is 0 Å². The van der Waals surface area contributed by atoms with Gasteiger partial charge in [-0.25, -0.2) is 4.98 Å². The molecule has 3 heterocycles. The second kappa shape index (κ2) is 11.8. The fourth-order valence-corrected chi connectivity index (χ4v) is 4.98. The van der Waals surface area contributed by atoms with Crippen LogP contribution >= 0.6 is 0 Å². The summed E-state index contributed by atoms with van der Waals surface area (Å²) >= 11 is 0. The van der Waals surface area contributed by atoms with E-state index < -0.39 is 6.29 Å². The summed E-state index contributed by atoms with van der Waals surface area (Å²) in [6.07, 6.45) is 4.88. The van der Waals surface area contributed by atoms with Gasteiger partial charge in [0, 0.05) is 30.9 Å². The third-order valence-corrected chi connectivity index (χ3v) is 7.17. The van der Waals surface area contributed by atoms with Crippen LogP contribution in [-0.4, -0.2) is 31.7 Å². The summed E-state index contributed by atoms with van der Waals surface area (Å²) in [6.45, 7) is 1.05. The fourth-order valence-electron chi connectivity index (χ4n) is 4.98. The molecule has 3 aromatic carbocycles. The fraction of sp³-hybridized carbons (Fsp3) is 0.219. The number of amides is 1. The van der Waals surface area contributed by atoms with E-state index in [0.717, 1.165) is 33.3 Å². The smallest absolute Gasteiger partial charge is 0.253 e. The Morgan fingerprint density at radius 3 is 2.48 bits per heavy atom. The molecule has 1 fully saturated rings. The Morgan fingerprint density at radius 2 is 1.70 bits per heavy atom. The predicted octanol–water partition coefficient (Wildman–Crippen LogP) is 5.10. The monoisotopic (exact) mass is 534 g/mol. The lowest BCUT2D eigenvalue weighted by Gasteiger charge is -2.36. The van der Waals surface area contributed by atoms with Crippen LogP contribution in [0.25, 0.3) is 11.0 Å². The molecule has 1 saturated heterocycles. The van der Waals surface area contributed by atoms with Gasteiger partial charge in [-0.3, -0.25) is 9.78 Å². The molecular formula is C32H30N4O4. The van der Waals surface area contributed by atoms with E-state index in [0.29, 0.717) is 25.1 Å². The molecule has 0 saturated carbocycles. The molecule has 0 unspecified atom stereocenters. The van der Waals surface area contributed by atoms with Gasteiger partial charge >= 0.3 is 0 Å². The molecule has 5 aromatic rings. The zero-order chi connectivity index (χ0) is 27.3. The van der Waals surface area contributed by atoms with Crippen molar-refractivity contribution in [1.29, 1.82) is 0 Å². The molecule has 40 heavy (non-hydrogen) atoms. The van der Waals surface area contributed by atoms with E-state index in [1.54, 1.807) is 24.5 Å². The van der Waals surface area contributed by atoms with E-state index in [1.807, 2.05) is 73.1 Å². The minimum Gasteiger partial charge on any atom is -0.392 e. The van der Waals surface area contributed by atoms with Crippen molar-refractivity contribution >= 4 is 16.9 Å². The maximum absolute atomic E-state index is 12.4. The second-order valence-electron chi connectivity index (χ2n) is 9.90. The number of imidazole rings is 1. The third kappa shape index (κ3) is 5.79. The number of para-hydroxylation sites is 2. The number of fused-ring (bicyclic) bond motifs is 1. The zero-order valence-corrected chi connectivity index (χ0v) is 21.9. The van der Waals surface area contributed by atoms with Crippen molar-refractivity contribution in [2.75, 3.05) is 0 Å². The van der Waals surface area contributed by atoms with E-state index >= 15 is 0 Å². The Labute approximate surface area is 232 Å². The van der Waals surface area contributed by atoms with Crippen LogP contribution in [0.5, 0.6) is 0 Å². The highest BCUT2D eigenvalue weighted by atomic mass is 16.7. The predicted molar refractivity (Wildman–Crippen MR) is 150 cm³/mol. The molecule has 0 radical (unpaired) electrons. The number of aliphatic hydroxyl groups is 1. The lowest BCUT2D eigenvalue weighted by Crippen LogP contribution is -2.32. The van der Waals surface area contributed by atoms with Gasteiger partial charge in [-0.15, -0.1) is 0 Å². The number of nitrogens with zero attached hydrogens (tertiary/aromatic N) is 3. The average Bonchev–Trinajstić information content (AvgIpc) is 3.43. The largest absolute Gasteiger partial charge is 0.392 e. The molecule has 6 rings (SSSR count). The summed E-state index contributed by atoms with van der Waals surface area (Å²) in [5.74, 6) is -0.166. The highest BCUT2D eigenvalue weighted by Crippen LogP contribution is 2.38. The number of ether oxygens (including phenoxy) is 2. The molecule has 2 N–H and O–H groups in total. The first-order valence-corrected chi connectivity index (χ1v) is 13.3. The van der Waals surface area contributed by atoms with Gasteiger partial charge in [-0.05, 0) is 41.0 Å². The molecule has 1 amide bonds.